The van der Waals surface area contributed by atoms with E-state index < -0.39 is 0 Å². The second kappa shape index (κ2) is 8.64. The first-order chi connectivity index (χ1) is 14.0. The number of nitrogens with zero attached hydrogens (tertiary/aromatic N) is 5. The molecule has 2 heterocycles. The molecule has 0 unspecified atom stereocenters. The molecule has 0 spiro atoms. The molecule has 0 saturated heterocycles. The van der Waals surface area contributed by atoms with Crippen molar-refractivity contribution in [3.63, 3.8) is 0 Å². The molecule has 29 heavy (non-hydrogen) atoms. The maximum atomic E-state index is 5.48. The van der Waals surface area contributed by atoms with Crippen LogP contribution in [0.15, 0.2) is 51.4 Å². The molecule has 0 N–H and O–H groups in total. The number of methoxy groups -OCH3 is 1. The normalized spacial score (nSPS) is 11.0. The van der Waals surface area contributed by atoms with Crippen LogP contribution < -0.4 is 4.74 Å². The Bertz CT molecular complexity index is 1160. The van der Waals surface area contributed by atoms with E-state index in [-0.39, 0.29) is 0 Å². The third kappa shape index (κ3) is 4.36. The lowest BCUT2D eigenvalue weighted by atomic mass is 10.1. The van der Waals surface area contributed by atoms with Crippen molar-refractivity contribution in [2.24, 2.45) is 0 Å². The Morgan fingerprint density at radius 1 is 1.17 bits per heavy atom. The molecule has 2 aromatic carbocycles. The SMILES string of the molecule is COc1ccc(Br)cc1-c1nc(CSc2nnnn2-c2ccc(C)cc2C)cs1. The van der Waals surface area contributed by atoms with Crippen LogP contribution >= 0.6 is 39.0 Å². The van der Waals surface area contributed by atoms with E-state index in [0.717, 1.165) is 42.9 Å². The summed E-state index contributed by atoms with van der Waals surface area (Å²) in [6, 6.07) is 12.2. The van der Waals surface area contributed by atoms with Gasteiger partial charge in [0.25, 0.3) is 0 Å². The van der Waals surface area contributed by atoms with Crippen molar-refractivity contribution in [3.05, 3.63) is 63.1 Å². The van der Waals surface area contributed by atoms with Gasteiger partial charge in [-0.15, -0.1) is 16.4 Å². The summed E-state index contributed by atoms with van der Waals surface area (Å²) in [6.07, 6.45) is 0. The predicted octanol–water partition coefficient (Wildman–Crippen LogP) is 5.47. The molecule has 0 bridgehead atoms. The van der Waals surface area contributed by atoms with Crippen LogP contribution in [0.25, 0.3) is 16.3 Å². The molecule has 4 rings (SSSR count). The molecule has 4 aromatic rings. The molecule has 0 atom stereocenters. The average Bonchev–Trinajstić information content (AvgIpc) is 3.36. The van der Waals surface area contributed by atoms with Crippen LogP contribution in [0.4, 0.5) is 0 Å². The number of thioether (sulfide) groups is 1. The molecule has 0 radical (unpaired) electrons. The van der Waals surface area contributed by atoms with E-state index in [1.165, 1.54) is 5.56 Å². The Morgan fingerprint density at radius 2 is 2.03 bits per heavy atom. The largest absolute Gasteiger partial charge is 0.496 e. The number of thiazole rings is 1. The average molecular weight is 488 g/mol. The lowest BCUT2D eigenvalue weighted by Gasteiger charge is -2.08. The van der Waals surface area contributed by atoms with Gasteiger partial charge in [-0.3, -0.25) is 0 Å². The van der Waals surface area contributed by atoms with Gasteiger partial charge in [0, 0.05) is 15.6 Å². The molecule has 0 aliphatic heterocycles. The molecule has 148 valence electrons. The molecule has 0 saturated carbocycles. The molecule has 0 fully saturated rings. The maximum Gasteiger partial charge on any atom is 0.214 e. The molecular formula is C20H18BrN5OS2. The number of aromatic nitrogens is 5. The topological polar surface area (TPSA) is 65.7 Å². The zero-order valence-electron chi connectivity index (χ0n) is 16.1. The summed E-state index contributed by atoms with van der Waals surface area (Å²) in [4.78, 5) is 4.78. The number of hydrogen-bond donors (Lipinski definition) is 0. The quantitative estimate of drug-likeness (QED) is 0.336. The van der Waals surface area contributed by atoms with Gasteiger partial charge in [-0.1, -0.05) is 45.4 Å². The molecular weight excluding hydrogens is 470 g/mol. The van der Waals surface area contributed by atoms with Gasteiger partial charge in [0.2, 0.25) is 5.16 Å². The van der Waals surface area contributed by atoms with Crippen LogP contribution in [0.3, 0.4) is 0 Å². The number of aryl methyl sites for hydroxylation is 2. The number of ether oxygens (including phenoxy) is 1. The Labute approximate surface area is 185 Å². The highest BCUT2D eigenvalue weighted by molar-refractivity contribution is 9.10. The summed E-state index contributed by atoms with van der Waals surface area (Å²) >= 11 is 6.68. The summed E-state index contributed by atoms with van der Waals surface area (Å²) in [5, 5.41) is 16.0. The molecule has 6 nitrogen and oxygen atoms in total. The van der Waals surface area contributed by atoms with Crippen molar-refractivity contribution in [2.75, 3.05) is 7.11 Å². The van der Waals surface area contributed by atoms with Gasteiger partial charge in [0.15, 0.2) is 0 Å². The third-order valence-electron chi connectivity index (χ3n) is 4.31. The van der Waals surface area contributed by atoms with Crippen LogP contribution in [0.5, 0.6) is 5.75 Å². The van der Waals surface area contributed by atoms with Crippen LogP contribution in [-0.2, 0) is 5.75 Å². The van der Waals surface area contributed by atoms with Crippen LogP contribution in [0.2, 0.25) is 0 Å². The highest BCUT2D eigenvalue weighted by Gasteiger charge is 2.14. The minimum Gasteiger partial charge on any atom is -0.496 e. The summed E-state index contributed by atoms with van der Waals surface area (Å²) in [5.41, 5.74) is 5.29. The van der Waals surface area contributed by atoms with Crippen molar-refractivity contribution in [2.45, 2.75) is 24.8 Å². The minimum absolute atomic E-state index is 0.679. The lowest BCUT2D eigenvalue weighted by Crippen LogP contribution is -2.02. The van der Waals surface area contributed by atoms with E-state index in [0.29, 0.717) is 5.75 Å². The fraction of sp³-hybridized carbons (Fsp3) is 0.200. The number of halogens is 1. The van der Waals surface area contributed by atoms with E-state index in [9.17, 15) is 0 Å². The fourth-order valence-corrected chi connectivity index (χ4v) is 5.03. The van der Waals surface area contributed by atoms with Gasteiger partial charge in [-0.2, -0.15) is 4.68 Å². The first-order valence-electron chi connectivity index (χ1n) is 8.82. The molecule has 0 aliphatic carbocycles. The van der Waals surface area contributed by atoms with Crippen LogP contribution in [-0.4, -0.2) is 32.3 Å². The monoisotopic (exact) mass is 487 g/mol. The number of tetrazole rings is 1. The first-order valence-corrected chi connectivity index (χ1v) is 11.5. The van der Waals surface area contributed by atoms with E-state index in [4.69, 9.17) is 9.72 Å². The Hall–Kier alpha value is -2.23. The molecule has 0 aliphatic rings. The van der Waals surface area contributed by atoms with Gasteiger partial charge >= 0.3 is 0 Å². The summed E-state index contributed by atoms with van der Waals surface area (Å²) < 4.78 is 8.25. The Morgan fingerprint density at radius 3 is 2.83 bits per heavy atom. The minimum atomic E-state index is 0.679. The van der Waals surface area contributed by atoms with Gasteiger partial charge in [-0.05, 0) is 54.1 Å². The van der Waals surface area contributed by atoms with Crippen LogP contribution in [0.1, 0.15) is 16.8 Å². The lowest BCUT2D eigenvalue weighted by molar-refractivity contribution is 0.416. The van der Waals surface area contributed by atoms with E-state index >= 15 is 0 Å². The van der Waals surface area contributed by atoms with Crippen molar-refractivity contribution in [1.29, 1.82) is 0 Å². The molecule has 9 heteroatoms. The zero-order chi connectivity index (χ0) is 20.4. The zero-order valence-corrected chi connectivity index (χ0v) is 19.3. The van der Waals surface area contributed by atoms with Gasteiger partial charge in [-0.25, -0.2) is 4.98 Å². The highest BCUT2D eigenvalue weighted by Crippen LogP contribution is 2.35. The summed E-state index contributed by atoms with van der Waals surface area (Å²) in [7, 11) is 1.67. The number of benzene rings is 2. The van der Waals surface area contributed by atoms with Crippen molar-refractivity contribution in [1.82, 2.24) is 25.2 Å². The van der Waals surface area contributed by atoms with Crippen LogP contribution in [0, 0.1) is 13.8 Å². The van der Waals surface area contributed by atoms with E-state index in [1.807, 2.05) is 24.3 Å². The van der Waals surface area contributed by atoms with Gasteiger partial charge < -0.3 is 4.74 Å². The molecule has 0 amide bonds. The summed E-state index contributed by atoms with van der Waals surface area (Å²) in [5.74, 6) is 1.48. The first kappa shape index (κ1) is 20.1. The second-order valence-electron chi connectivity index (χ2n) is 6.44. The maximum absolute atomic E-state index is 5.48. The van der Waals surface area contributed by atoms with E-state index in [1.54, 1.807) is 34.9 Å². The van der Waals surface area contributed by atoms with Crippen molar-refractivity contribution >= 4 is 39.0 Å². The van der Waals surface area contributed by atoms with Crippen molar-refractivity contribution < 1.29 is 4.74 Å². The van der Waals surface area contributed by atoms with Gasteiger partial charge in [0.1, 0.15) is 10.8 Å². The summed E-state index contributed by atoms with van der Waals surface area (Å²) in [6.45, 7) is 4.14. The van der Waals surface area contributed by atoms with E-state index in [2.05, 4.69) is 62.8 Å². The smallest absolute Gasteiger partial charge is 0.214 e. The van der Waals surface area contributed by atoms with Gasteiger partial charge in [0.05, 0.1) is 24.1 Å². The standard InChI is InChI=1S/C20H18BrN5OS2/c1-12-4-6-17(13(2)8-12)26-20(23-24-25-26)29-11-15-10-28-19(22-15)16-9-14(21)5-7-18(16)27-3/h4-10H,11H2,1-3H3. The predicted molar refractivity (Wildman–Crippen MR) is 120 cm³/mol. The second-order valence-corrected chi connectivity index (χ2v) is 9.16. The fourth-order valence-electron chi connectivity index (χ4n) is 2.95. The number of hydrogen-bond acceptors (Lipinski definition) is 7. The number of rotatable bonds is 6. The van der Waals surface area contributed by atoms with Crippen molar-refractivity contribution in [3.8, 4) is 22.0 Å². The Balaban J connectivity index is 1.54. The third-order valence-corrected chi connectivity index (χ3v) is 6.68. The highest BCUT2D eigenvalue weighted by atomic mass is 79.9. The Kier molecular flexibility index (Phi) is 5.98. The molecule has 2 aromatic heterocycles.